The van der Waals surface area contributed by atoms with Crippen LogP contribution in [-0.2, 0) is 14.8 Å². The predicted molar refractivity (Wildman–Crippen MR) is 68.5 cm³/mol. The van der Waals surface area contributed by atoms with E-state index in [1.807, 2.05) is 0 Å². The van der Waals surface area contributed by atoms with Gasteiger partial charge in [-0.15, -0.1) is 11.3 Å². The fourth-order valence-electron chi connectivity index (χ4n) is 2.02. The predicted octanol–water partition coefficient (Wildman–Crippen LogP) is 1.79. The Hall–Kier alpha value is -1.06. The van der Waals surface area contributed by atoms with Crippen LogP contribution in [0.5, 0.6) is 0 Å². The topological polar surface area (TPSA) is 74.7 Å². The molecule has 5 nitrogen and oxygen atoms in total. The number of nitrogens with zero attached hydrogens (tertiary/aromatic N) is 1. The molecular formula is C11H13F2NO4S2. The number of hydrogen-bond donors (Lipinski definition) is 1. The van der Waals surface area contributed by atoms with Crippen molar-refractivity contribution in [3.05, 3.63) is 17.0 Å². The standard InChI is InChI=1S/C11H13F2NO4S2/c1-7-4-9(19-6-7)20(17,18)14-3-2-11(12,13)8(5-14)10(15)16/h4,6,8H,2-3,5H2,1H3,(H,15,16). The Kier molecular flexibility index (Phi) is 3.87. The van der Waals surface area contributed by atoms with E-state index < -0.39 is 40.8 Å². The average Bonchev–Trinajstić information content (AvgIpc) is 2.75. The minimum atomic E-state index is -3.90. The maximum atomic E-state index is 13.5. The number of alkyl halides is 2. The van der Waals surface area contributed by atoms with E-state index in [0.29, 0.717) is 0 Å². The van der Waals surface area contributed by atoms with Crippen molar-refractivity contribution in [3.8, 4) is 0 Å². The zero-order valence-corrected chi connectivity index (χ0v) is 12.2. The van der Waals surface area contributed by atoms with Crippen LogP contribution in [0.1, 0.15) is 12.0 Å². The molecule has 112 valence electrons. The van der Waals surface area contributed by atoms with Crippen LogP contribution in [0.25, 0.3) is 0 Å². The lowest BCUT2D eigenvalue weighted by Gasteiger charge is -2.35. The summed E-state index contributed by atoms with van der Waals surface area (Å²) in [6.07, 6.45) is -0.784. The third kappa shape index (κ3) is 2.70. The van der Waals surface area contributed by atoms with Crippen molar-refractivity contribution in [2.45, 2.75) is 23.5 Å². The third-order valence-electron chi connectivity index (χ3n) is 3.19. The van der Waals surface area contributed by atoms with Gasteiger partial charge in [0, 0.05) is 19.5 Å². The van der Waals surface area contributed by atoms with Crippen molar-refractivity contribution in [3.63, 3.8) is 0 Å². The Bertz CT molecular complexity index is 626. The van der Waals surface area contributed by atoms with Crippen molar-refractivity contribution in [2.75, 3.05) is 13.1 Å². The number of sulfonamides is 1. The number of piperidine rings is 1. The number of aryl methyl sites for hydroxylation is 1. The molecule has 9 heteroatoms. The molecule has 1 aromatic rings. The third-order valence-corrected chi connectivity index (χ3v) is 6.59. The largest absolute Gasteiger partial charge is 0.481 e. The van der Waals surface area contributed by atoms with Gasteiger partial charge in [-0.25, -0.2) is 17.2 Å². The van der Waals surface area contributed by atoms with E-state index in [2.05, 4.69) is 0 Å². The molecule has 1 atom stereocenters. The Labute approximate surface area is 118 Å². The quantitative estimate of drug-likeness (QED) is 0.919. The van der Waals surface area contributed by atoms with E-state index in [1.165, 1.54) is 6.07 Å². The minimum Gasteiger partial charge on any atom is -0.481 e. The molecule has 1 aliphatic heterocycles. The van der Waals surface area contributed by atoms with Crippen molar-refractivity contribution in [1.29, 1.82) is 0 Å². The summed E-state index contributed by atoms with van der Waals surface area (Å²) in [4.78, 5) is 10.9. The molecule has 0 aromatic carbocycles. The highest BCUT2D eigenvalue weighted by molar-refractivity contribution is 7.91. The van der Waals surface area contributed by atoms with Gasteiger partial charge in [-0.1, -0.05) is 0 Å². The van der Waals surface area contributed by atoms with E-state index in [-0.39, 0.29) is 10.8 Å². The highest BCUT2D eigenvalue weighted by Gasteiger charge is 2.50. The summed E-state index contributed by atoms with van der Waals surface area (Å²) in [7, 11) is -3.90. The zero-order chi connectivity index (χ0) is 15.1. The van der Waals surface area contributed by atoms with Gasteiger partial charge >= 0.3 is 5.97 Å². The van der Waals surface area contributed by atoms with Crippen LogP contribution in [0.15, 0.2) is 15.7 Å². The monoisotopic (exact) mass is 325 g/mol. The van der Waals surface area contributed by atoms with Gasteiger partial charge < -0.3 is 5.11 Å². The zero-order valence-electron chi connectivity index (χ0n) is 10.5. The van der Waals surface area contributed by atoms with E-state index in [9.17, 15) is 22.0 Å². The summed E-state index contributed by atoms with van der Waals surface area (Å²) in [6.45, 7) is 0.637. The number of carbonyl (C=O) groups is 1. The molecule has 1 aromatic heterocycles. The van der Waals surface area contributed by atoms with Crippen molar-refractivity contribution < 1.29 is 27.1 Å². The normalized spacial score (nSPS) is 23.6. The van der Waals surface area contributed by atoms with E-state index in [0.717, 1.165) is 21.2 Å². The minimum absolute atomic E-state index is 0.0457. The Morgan fingerprint density at radius 1 is 1.55 bits per heavy atom. The van der Waals surface area contributed by atoms with Crippen LogP contribution in [0, 0.1) is 12.8 Å². The summed E-state index contributed by atoms with van der Waals surface area (Å²) in [5.41, 5.74) is 0.755. The maximum absolute atomic E-state index is 13.5. The van der Waals surface area contributed by atoms with Gasteiger partial charge in [-0.3, -0.25) is 4.79 Å². The Morgan fingerprint density at radius 3 is 2.70 bits per heavy atom. The summed E-state index contributed by atoms with van der Waals surface area (Å²) in [5, 5.41) is 10.5. The average molecular weight is 325 g/mol. The Morgan fingerprint density at radius 2 is 2.20 bits per heavy atom. The first-order chi connectivity index (χ1) is 9.14. The molecule has 1 aliphatic rings. The number of aliphatic carboxylic acids is 1. The second-order valence-corrected chi connectivity index (χ2v) is 7.78. The maximum Gasteiger partial charge on any atom is 0.313 e. The number of hydrogen-bond acceptors (Lipinski definition) is 4. The second-order valence-electron chi connectivity index (χ2n) is 4.71. The van der Waals surface area contributed by atoms with Crippen molar-refractivity contribution in [1.82, 2.24) is 4.31 Å². The summed E-state index contributed by atoms with van der Waals surface area (Å²) in [6, 6.07) is 1.45. The van der Waals surface area contributed by atoms with Crippen LogP contribution >= 0.6 is 11.3 Å². The van der Waals surface area contributed by atoms with Gasteiger partial charge in [0.05, 0.1) is 0 Å². The number of carboxylic acids is 1. The summed E-state index contributed by atoms with van der Waals surface area (Å²) >= 11 is 0.995. The molecular weight excluding hydrogens is 312 g/mol. The molecule has 1 N–H and O–H groups in total. The molecule has 2 heterocycles. The van der Waals surface area contributed by atoms with Gasteiger partial charge in [0.1, 0.15) is 10.1 Å². The molecule has 0 spiro atoms. The lowest BCUT2D eigenvalue weighted by molar-refractivity contribution is -0.163. The molecule has 1 saturated heterocycles. The van der Waals surface area contributed by atoms with Crippen molar-refractivity contribution >= 4 is 27.3 Å². The van der Waals surface area contributed by atoms with Gasteiger partial charge in [0.15, 0.2) is 0 Å². The summed E-state index contributed by atoms with van der Waals surface area (Å²) < 4.78 is 52.4. The number of rotatable bonds is 3. The highest BCUT2D eigenvalue weighted by atomic mass is 32.2. The fraction of sp³-hybridized carbons (Fsp3) is 0.545. The number of thiophene rings is 1. The first kappa shape index (κ1) is 15.3. The van der Waals surface area contributed by atoms with Crippen LogP contribution < -0.4 is 0 Å². The molecule has 20 heavy (non-hydrogen) atoms. The Balaban J connectivity index is 2.29. The first-order valence-electron chi connectivity index (χ1n) is 5.80. The molecule has 0 saturated carbocycles. The summed E-state index contributed by atoms with van der Waals surface area (Å²) in [5.74, 6) is -7.08. The smallest absolute Gasteiger partial charge is 0.313 e. The van der Waals surface area contributed by atoms with Crippen LogP contribution in [0.3, 0.4) is 0 Å². The van der Waals surface area contributed by atoms with Gasteiger partial charge in [0.25, 0.3) is 15.9 Å². The lowest BCUT2D eigenvalue weighted by atomic mass is 9.95. The van der Waals surface area contributed by atoms with E-state index >= 15 is 0 Å². The van der Waals surface area contributed by atoms with E-state index in [1.54, 1.807) is 12.3 Å². The SMILES string of the molecule is Cc1csc(S(=O)(=O)N2CCC(F)(F)C(C(=O)O)C2)c1. The van der Waals surface area contributed by atoms with Crippen LogP contribution in [0.4, 0.5) is 8.78 Å². The van der Waals surface area contributed by atoms with Gasteiger partial charge in [-0.05, 0) is 23.9 Å². The molecule has 1 unspecified atom stereocenters. The number of halogens is 2. The van der Waals surface area contributed by atoms with Gasteiger partial charge in [0.2, 0.25) is 0 Å². The number of carboxylic acid groups (broad SMARTS) is 1. The first-order valence-corrected chi connectivity index (χ1v) is 8.12. The molecule has 1 fully saturated rings. The molecule has 0 aliphatic carbocycles. The lowest BCUT2D eigenvalue weighted by Crippen LogP contribution is -2.51. The second kappa shape index (κ2) is 5.05. The highest BCUT2D eigenvalue weighted by Crippen LogP contribution is 2.36. The van der Waals surface area contributed by atoms with Crippen LogP contribution in [-0.4, -0.2) is 42.8 Å². The van der Waals surface area contributed by atoms with Crippen molar-refractivity contribution in [2.24, 2.45) is 5.92 Å². The fourth-order valence-corrected chi connectivity index (χ4v) is 4.86. The molecule has 0 amide bonds. The van der Waals surface area contributed by atoms with Gasteiger partial charge in [-0.2, -0.15) is 4.31 Å². The van der Waals surface area contributed by atoms with Crippen LogP contribution in [0.2, 0.25) is 0 Å². The molecule has 2 rings (SSSR count). The molecule has 0 bridgehead atoms. The van der Waals surface area contributed by atoms with E-state index in [4.69, 9.17) is 5.11 Å². The molecule has 0 radical (unpaired) electrons.